The molecular weight excluding hydrogens is 242 g/mol. The van der Waals surface area contributed by atoms with E-state index in [1.54, 1.807) is 7.11 Å². The number of hydrogen-bond donors (Lipinski definition) is 1. The molecule has 0 saturated heterocycles. The summed E-state index contributed by atoms with van der Waals surface area (Å²) in [6, 6.07) is 5.60. The second kappa shape index (κ2) is 5.74. The van der Waals surface area contributed by atoms with E-state index in [1.807, 2.05) is 18.2 Å². The van der Waals surface area contributed by atoms with Gasteiger partial charge in [-0.15, -0.1) is 5.54 Å². The average molecular weight is 261 g/mol. The van der Waals surface area contributed by atoms with Gasteiger partial charge in [0.15, 0.2) is 0 Å². The largest absolute Gasteiger partial charge is 0.496 e. The molecule has 4 heteroatoms. The molecule has 1 aromatic carbocycles. The zero-order valence-corrected chi connectivity index (χ0v) is 12.3. The van der Waals surface area contributed by atoms with Gasteiger partial charge >= 0.3 is 0 Å². The van der Waals surface area contributed by atoms with Crippen LogP contribution in [0.15, 0.2) is 18.2 Å². The Morgan fingerprint density at radius 3 is 2.56 bits per heavy atom. The Morgan fingerprint density at radius 1 is 1.39 bits per heavy atom. The van der Waals surface area contributed by atoms with Crippen molar-refractivity contribution in [2.24, 2.45) is 5.73 Å². The van der Waals surface area contributed by atoms with Gasteiger partial charge in [0, 0.05) is 11.1 Å². The van der Waals surface area contributed by atoms with Crippen molar-refractivity contribution in [1.29, 1.82) is 0 Å². The minimum absolute atomic E-state index is 0.172. The number of carbonyl (C=O) groups excluding carboxylic acids is 1. The number of methoxy groups -OCH3 is 1. The lowest BCUT2D eigenvalue weighted by molar-refractivity contribution is -0.117. The van der Waals surface area contributed by atoms with Crippen LogP contribution >= 0.6 is 0 Å². The number of benzene rings is 1. The van der Waals surface area contributed by atoms with E-state index in [2.05, 4.69) is 31.1 Å². The van der Waals surface area contributed by atoms with Crippen molar-refractivity contribution in [3.63, 3.8) is 0 Å². The van der Waals surface area contributed by atoms with Crippen LogP contribution in [-0.4, -0.2) is 21.1 Å². The minimum atomic E-state index is -1.40. The maximum atomic E-state index is 11.0. The Bertz CT molecular complexity index is 507. The van der Waals surface area contributed by atoms with Gasteiger partial charge in [0.2, 0.25) is 5.91 Å². The first-order chi connectivity index (χ1) is 8.31. The van der Waals surface area contributed by atoms with Crippen molar-refractivity contribution in [1.82, 2.24) is 0 Å². The fourth-order valence-electron chi connectivity index (χ4n) is 1.44. The van der Waals surface area contributed by atoms with Crippen LogP contribution in [0.3, 0.4) is 0 Å². The molecule has 0 spiro atoms. The molecular formula is C14H19NO2Si. The zero-order chi connectivity index (χ0) is 13.8. The molecule has 0 heterocycles. The molecule has 3 nitrogen and oxygen atoms in total. The first kappa shape index (κ1) is 14.3. The lowest BCUT2D eigenvalue weighted by atomic mass is 10.1. The molecule has 0 aromatic heterocycles. The normalized spacial score (nSPS) is 10.4. The second-order valence-corrected chi connectivity index (χ2v) is 9.92. The number of amides is 1. The standard InChI is InChI=1S/C14H19NO2Si/c1-17-13-6-5-11(7-8-18(2,3)4)9-12(13)10-14(15)16/h5-6,9H,10H2,1-4H3,(H2,15,16). The van der Waals surface area contributed by atoms with E-state index in [9.17, 15) is 4.79 Å². The van der Waals surface area contributed by atoms with Crippen molar-refractivity contribution in [2.75, 3.05) is 7.11 Å². The van der Waals surface area contributed by atoms with Crippen molar-refractivity contribution in [3.05, 3.63) is 29.3 Å². The lowest BCUT2D eigenvalue weighted by Crippen LogP contribution is -2.16. The number of hydrogen-bond acceptors (Lipinski definition) is 2. The first-order valence-corrected chi connectivity index (χ1v) is 9.30. The van der Waals surface area contributed by atoms with Gasteiger partial charge in [-0.1, -0.05) is 25.6 Å². The maximum absolute atomic E-state index is 11.0. The predicted octanol–water partition coefficient (Wildman–Crippen LogP) is 1.95. The van der Waals surface area contributed by atoms with Gasteiger partial charge in [0.1, 0.15) is 13.8 Å². The molecule has 1 aromatic rings. The van der Waals surface area contributed by atoms with E-state index in [0.717, 1.165) is 11.1 Å². The van der Waals surface area contributed by atoms with Gasteiger partial charge in [-0.05, 0) is 18.2 Å². The number of carbonyl (C=O) groups is 1. The molecule has 18 heavy (non-hydrogen) atoms. The molecule has 0 aliphatic rings. The van der Waals surface area contributed by atoms with Crippen LogP contribution in [0.4, 0.5) is 0 Å². The molecule has 0 unspecified atom stereocenters. The van der Waals surface area contributed by atoms with E-state index in [-0.39, 0.29) is 12.3 Å². The van der Waals surface area contributed by atoms with Crippen LogP contribution in [0.5, 0.6) is 5.75 Å². The summed E-state index contributed by atoms with van der Waals surface area (Å²) >= 11 is 0. The highest BCUT2D eigenvalue weighted by molar-refractivity contribution is 6.83. The predicted molar refractivity (Wildman–Crippen MR) is 76.1 cm³/mol. The van der Waals surface area contributed by atoms with Crippen molar-refractivity contribution in [3.8, 4) is 17.2 Å². The quantitative estimate of drug-likeness (QED) is 0.668. The van der Waals surface area contributed by atoms with Crippen molar-refractivity contribution >= 4 is 14.0 Å². The van der Waals surface area contributed by atoms with Crippen LogP contribution in [0.25, 0.3) is 0 Å². The van der Waals surface area contributed by atoms with Gasteiger partial charge in [-0.25, -0.2) is 0 Å². The molecule has 0 radical (unpaired) electrons. The molecule has 0 atom stereocenters. The number of primary amides is 1. The Kier molecular flexibility index (Phi) is 4.57. The third-order valence-electron chi connectivity index (χ3n) is 2.23. The van der Waals surface area contributed by atoms with E-state index in [4.69, 9.17) is 10.5 Å². The Labute approximate surface area is 109 Å². The first-order valence-electron chi connectivity index (χ1n) is 5.80. The molecule has 96 valence electrons. The van der Waals surface area contributed by atoms with Gasteiger partial charge in [0.05, 0.1) is 13.5 Å². The summed E-state index contributed by atoms with van der Waals surface area (Å²) in [5.74, 6) is 3.46. The molecule has 1 rings (SSSR count). The van der Waals surface area contributed by atoms with E-state index >= 15 is 0 Å². The van der Waals surface area contributed by atoms with E-state index in [0.29, 0.717) is 5.75 Å². The SMILES string of the molecule is COc1ccc(C#C[Si](C)(C)C)cc1CC(N)=O. The Hall–Kier alpha value is -1.73. The number of nitrogens with two attached hydrogens (primary N) is 1. The Balaban J connectivity index is 3.09. The summed E-state index contributed by atoms with van der Waals surface area (Å²) in [6.45, 7) is 6.57. The number of rotatable bonds is 3. The summed E-state index contributed by atoms with van der Waals surface area (Å²) in [7, 11) is 0.181. The summed E-state index contributed by atoms with van der Waals surface area (Å²) in [5, 5.41) is 0. The molecule has 0 aliphatic carbocycles. The van der Waals surface area contributed by atoms with Crippen LogP contribution in [0.1, 0.15) is 11.1 Å². The highest BCUT2D eigenvalue weighted by Gasteiger charge is 2.09. The maximum Gasteiger partial charge on any atom is 0.221 e. The highest BCUT2D eigenvalue weighted by atomic mass is 28.3. The summed E-state index contributed by atoms with van der Waals surface area (Å²) in [4.78, 5) is 11.0. The van der Waals surface area contributed by atoms with Crippen LogP contribution in [0.2, 0.25) is 19.6 Å². The molecule has 2 N–H and O–H groups in total. The number of ether oxygens (including phenoxy) is 1. The van der Waals surface area contributed by atoms with Crippen LogP contribution in [0, 0.1) is 11.5 Å². The molecule has 0 bridgehead atoms. The molecule has 0 fully saturated rings. The monoisotopic (exact) mass is 261 g/mol. The Morgan fingerprint density at radius 2 is 2.06 bits per heavy atom. The molecule has 1 amide bonds. The van der Waals surface area contributed by atoms with Crippen molar-refractivity contribution < 1.29 is 9.53 Å². The summed E-state index contributed by atoms with van der Waals surface area (Å²) < 4.78 is 5.20. The fourth-order valence-corrected chi connectivity index (χ4v) is 1.96. The van der Waals surface area contributed by atoms with Gasteiger partial charge in [-0.3, -0.25) is 4.79 Å². The van der Waals surface area contributed by atoms with Gasteiger partial charge < -0.3 is 10.5 Å². The van der Waals surface area contributed by atoms with E-state index < -0.39 is 8.07 Å². The summed E-state index contributed by atoms with van der Waals surface area (Å²) in [6.07, 6.45) is 0.172. The third kappa shape index (κ3) is 4.64. The van der Waals surface area contributed by atoms with E-state index in [1.165, 1.54) is 0 Å². The zero-order valence-electron chi connectivity index (χ0n) is 11.3. The second-order valence-electron chi connectivity index (χ2n) is 5.17. The molecule has 0 saturated carbocycles. The minimum Gasteiger partial charge on any atom is -0.496 e. The van der Waals surface area contributed by atoms with Crippen LogP contribution in [-0.2, 0) is 11.2 Å². The summed E-state index contributed by atoms with van der Waals surface area (Å²) in [5.41, 5.74) is 10.2. The fraction of sp³-hybridized carbons (Fsp3) is 0.357. The average Bonchev–Trinajstić information content (AvgIpc) is 2.25. The van der Waals surface area contributed by atoms with Gasteiger partial charge in [0.25, 0.3) is 0 Å². The van der Waals surface area contributed by atoms with Gasteiger partial charge in [-0.2, -0.15) is 0 Å². The molecule has 0 aliphatic heterocycles. The lowest BCUT2D eigenvalue weighted by Gasteiger charge is -2.08. The third-order valence-corrected chi connectivity index (χ3v) is 3.10. The highest BCUT2D eigenvalue weighted by Crippen LogP contribution is 2.20. The smallest absolute Gasteiger partial charge is 0.221 e. The van der Waals surface area contributed by atoms with Crippen LogP contribution < -0.4 is 10.5 Å². The van der Waals surface area contributed by atoms with Crippen molar-refractivity contribution in [2.45, 2.75) is 26.1 Å². The topological polar surface area (TPSA) is 52.3 Å².